The van der Waals surface area contributed by atoms with Crippen LogP contribution in [0.1, 0.15) is 33.1 Å². The highest BCUT2D eigenvalue weighted by Gasteiger charge is 2.21. The third-order valence-electron chi connectivity index (χ3n) is 3.12. The normalized spacial score (nSPS) is 15.5. The molecule has 0 saturated heterocycles. The van der Waals surface area contributed by atoms with Crippen molar-refractivity contribution in [1.29, 1.82) is 0 Å². The lowest BCUT2D eigenvalue weighted by Gasteiger charge is -2.24. The number of nitrogens with one attached hydrogen (secondary N) is 2. The molecule has 0 bridgehead atoms. The van der Waals surface area contributed by atoms with E-state index in [0.717, 1.165) is 25.4 Å². The van der Waals surface area contributed by atoms with Gasteiger partial charge in [0.05, 0.1) is 6.54 Å². The number of hydrogen-bond acceptors (Lipinski definition) is 3. The first-order chi connectivity index (χ1) is 8.47. The molecule has 20 heavy (non-hydrogen) atoms. The quantitative estimate of drug-likeness (QED) is 0.680. The molecule has 122 valence electrons. The number of amides is 1. The predicted molar refractivity (Wildman–Crippen MR) is 90.0 cm³/mol. The molecule has 4 nitrogen and oxygen atoms in total. The van der Waals surface area contributed by atoms with E-state index < -0.39 is 0 Å². The van der Waals surface area contributed by atoms with Crippen molar-refractivity contribution in [3.63, 3.8) is 0 Å². The second-order valence-corrected chi connectivity index (χ2v) is 6.23. The fourth-order valence-electron chi connectivity index (χ4n) is 2.18. The first kappa shape index (κ1) is 22.3. The van der Waals surface area contributed by atoms with Crippen molar-refractivity contribution in [3.05, 3.63) is 0 Å². The molecule has 0 heterocycles. The molecule has 1 amide bonds. The summed E-state index contributed by atoms with van der Waals surface area (Å²) in [6.45, 7) is 6.75. The Morgan fingerprint density at radius 2 is 1.85 bits per heavy atom. The minimum Gasteiger partial charge on any atom is -0.351 e. The molecule has 0 radical (unpaired) electrons. The molecule has 0 aliphatic heterocycles. The van der Waals surface area contributed by atoms with Crippen LogP contribution in [0, 0.1) is 11.8 Å². The van der Waals surface area contributed by atoms with Crippen molar-refractivity contribution in [2.75, 3.05) is 33.7 Å². The molecule has 0 aromatic carbocycles. The largest absolute Gasteiger partial charge is 0.351 e. The number of likely N-dealkylation sites (N-methyl/N-ethyl adjacent to an activating group) is 1. The Kier molecular flexibility index (Phi) is 12.9. The Balaban J connectivity index is 0. The van der Waals surface area contributed by atoms with Crippen molar-refractivity contribution in [1.82, 2.24) is 15.5 Å². The maximum absolute atomic E-state index is 11.8. The summed E-state index contributed by atoms with van der Waals surface area (Å²) in [6.07, 6.45) is 3.68. The fraction of sp³-hybridized carbons (Fsp3) is 0.929. The fourth-order valence-corrected chi connectivity index (χ4v) is 2.18. The van der Waals surface area contributed by atoms with Crippen molar-refractivity contribution in [3.8, 4) is 0 Å². The van der Waals surface area contributed by atoms with Gasteiger partial charge in [0.25, 0.3) is 0 Å². The zero-order chi connectivity index (χ0) is 13.5. The molecular formula is C14H31Cl2N3O. The summed E-state index contributed by atoms with van der Waals surface area (Å²) in [5.74, 6) is 1.56. The summed E-state index contributed by atoms with van der Waals surface area (Å²) >= 11 is 0. The van der Waals surface area contributed by atoms with E-state index >= 15 is 0 Å². The Morgan fingerprint density at radius 3 is 2.30 bits per heavy atom. The molecular weight excluding hydrogens is 297 g/mol. The average molecular weight is 328 g/mol. The number of nitrogens with zero attached hydrogens (tertiary/aromatic N) is 1. The van der Waals surface area contributed by atoms with E-state index in [9.17, 15) is 4.79 Å². The van der Waals surface area contributed by atoms with Crippen LogP contribution in [0.4, 0.5) is 0 Å². The Labute approximate surface area is 136 Å². The van der Waals surface area contributed by atoms with Gasteiger partial charge in [-0.3, -0.25) is 4.79 Å². The van der Waals surface area contributed by atoms with E-state index in [0.29, 0.717) is 12.5 Å². The van der Waals surface area contributed by atoms with Crippen LogP contribution in [0.3, 0.4) is 0 Å². The third-order valence-corrected chi connectivity index (χ3v) is 3.12. The predicted octanol–water partition coefficient (Wildman–Crippen LogP) is 1.92. The first-order valence-corrected chi connectivity index (χ1v) is 7.12. The van der Waals surface area contributed by atoms with Gasteiger partial charge in [-0.05, 0) is 51.7 Å². The number of hydrogen-bond donors (Lipinski definition) is 2. The van der Waals surface area contributed by atoms with Crippen LogP contribution in [0.25, 0.3) is 0 Å². The highest BCUT2D eigenvalue weighted by Crippen LogP contribution is 2.27. The van der Waals surface area contributed by atoms with Gasteiger partial charge in [-0.2, -0.15) is 0 Å². The molecule has 1 saturated carbocycles. The van der Waals surface area contributed by atoms with Crippen LogP contribution in [0.5, 0.6) is 0 Å². The van der Waals surface area contributed by atoms with Gasteiger partial charge in [0.2, 0.25) is 5.91 Å². The van der Waals surface area contributed by atoms with Crippen LogP contribution in [0.2, 0.25) is 0 Å². The summed E-state index contributed by atoms with van der Waals surface area (Å²) in [5.41, 5.74) is 0. The number of rotatable bonds is 9. The molecule has 1 aliphatic rings. The smallest absolute Gasteiger partial charge is 0.234 e. The van der Waals surface area contributed by atoms with Gasteiger partial charge < -0.3 is 15.5 Å². The van der Waals surface area contributed by atoms with Crippen LogP contribution in [-0.4, -0.2) is 50.6 Å². The maximum Gasteiger partial charge on any atom is 0.234 e. The molecule has 1 rings (SSSR count). The van der Waals surface area contributed by atoms with E-state index in [1.165, 1.54) is 12.8 Å². The van der Waals surface area contributed by atoms with Crippen molar-refractivity contribution < 1.29 is 4.79 Å². The summed E-state index contributed by atoms with van der Waals surface area (Å²) in [4.78, 5) is 14.0. The van der Waals surface area contributed by atoms with Gasteiger partial charge in [0.15, 0.2) is 0 Å². The lowest BCUT2D eigenvalue weighted by atomic mass is 10.0. The van der Waals surface area contributed by atoms with E-state index in [4.69, 9.17) is 0 Å². The molecule has 1 unspecified atom stereocenters. The average Bonchev–Trinajstić information content (AvgIpc) is 2.98. The number of carbonyl (C=O) groups is 1. The highest BCUT2D eigenvalue weighted by molar-refractivity contribution is 5.85. The van der Waals surface area contributed by atoms with Crippen molar-refractivity contribution in [2.45, 2.75) is 39.2 Å². The second-order valence-electron chi connectivity index (χ2n) is 6.23. The maximum atomic E-state index is 11.8. The number of halogens is 2. The molecule has 6 heteroatoms. The minimum atomic E-state index is 0. The molecule has 0 spiro atoms. The molecule has 0 aromatic rings. The van der Waals surface area contributed by atoms with E-state index in [1.54, 1.807) is 0 Å². The Hall–Kier alpha value is -0.0300. The van der Waals surface area contributed by atoms with Crippen LogP contribution in [-0.2, 0) is 4.79 Å². The van der Waals surface area contributed by atoms with Gasteiger partial charge in [-0.25, -0.2) is 0 Å². The SMILES string of the molecule is CC(C)CC(CN(C)C)NC(=O)CNCC1CC1.Cl.Cl. The molecule has 1 atom stereocenters. The van der Waals surface area contributed by atoms with Gasteiger partial charge in [-0.1, -0.05) is 13.8 Å². The summed E-state index contributed by atoms with van der Waals surface area (Å²) in [7, 11) is 4.09. The van der Waals surface area contributed by atoms with Gasteiger partial charge in [-0.15, -0.1) is 24.8 Å². The van der Waals surface area contributed by atoms with Crippen LogP contribution >= 0.6 is 24.8 Å². The zero-order valence-corrected chi connectivity index (χ0v) is 14.8. The van der Waals surface area contributed by atoms with E-state index in [-0.39, 0.29) is 36.8 Å². The Morgan fingerprint density at radius 1 is 1.25 bits per heavy atom. The lowest BCUT2D eigenvalue weighted by Crippen LogP contribution is -2.45. The van der Waals surface area contributed by atoms with Gasteiger partial charge in [0, 0.05) is 12.6 Å². The van der Waals surface area contributed by atoms with Gasteiger partial charge >= 0.3 is 0 Å². The Bertz CT molecular complexity index is 249. The molecule has 2 N–H and O–H groups in total. The molecule has 1 fully saturated rings. The van der Waals surface area contributed by atoms with Gasteiger partial charge in [0.1, 0.15) is 0 Å². The monoisotopic (exact) mass is 327 g/mol. The minimum absolute atomic E-state index is 0. The summed E-state index contributed by atoms with van der Waals surface area (Å²) < 4.78 is 0. The second kappa shape index (κ2) is 11.6. The number of carbonyl (C=O) groups excluding carboxylic acids is 1. The third kappa shape index (κ3) is 11.8. The van der Waals surface area contributed by atoms with Crippen LogP contribution in [0.15, 0.2) is 0 Å². The summed E-state index contributed by atoms with van der Waals surface area (Å²) in [5, 5.41) is 6.36. The topological polar surface area (TPSA) is 44.4 Å². The van der Waals surface area contributed by atoms with Crippen molar-refractivity contribution in [2.24, 2.45) is 11.8 Å². The zero-order valence-electron chi connectivity index (χ0n) is 13.1. The molecule has 0 aromatic heterocycles. The highest BCUT2D eigenvalue weighted by atomic mass is 35.5. The lowest BCUT2D eigenvalue weighted by molar-refractivity contribution is -0.121. The van der Waals surface area contributed by atoms with E-state index in [2.05, 4.69) is 29.4 Å². The van der Waals surface area contributed by atoms with Crippen LogP contribution < -0.4 is 10.6 Å². The first-order valence-electron chi connectivity index (χ1n) is 7.12. The summed E-state index contributed by atoms with van der Waals surface area (Å²) in [6, 6.07) is 0.259. The van der Waals surface area contributed by atoms with Crippen molar-refractivity contribution >= 4 is 30.7 Å². The molecule has 1 aliphatic carbocycles. The standard InChI is InChI=1S/C14H29N3O.2ClH/c1-11(2)7-13(10-17(3)4)16-14(18)9-15-8-12-5-6-12;;/h11-13,15H,5-10H2,1-4H3,(H,16,18);2*1H. The van der Waals surface area contributed by atoms with E-state index in [1.807, 2.05) is 14.1 Å².